The van der Waals surface area contributed by atoms with Gasteiger partial charge in [0, 0.05) is 19.3 Å². The van der Waals surface area contributed by atoms with Crippen molar-refractivity contribution in [3.8, 4) is 0 Å². The summed E-state index contributed by atoms with van der Waals surface area (Å²) >= 11 is 1.42. The van der Waals surface area contributed by atoms with Gasteiger partial charge in [-0.3, -0.25) is 9.78 Å². The van der Waals surface area contributed by atoms with E-state index in [1.54, 1.807) is 23.2 Å². The normalized spacial score (nSPS) is 18.2. The molecule has 1 unspecified atom stereocenters. The van der Waals surface area contributed by atoms with E-state index in [4.69, 9.17) is 0 Å². The summed E-state index contributed by atoms with van der Waals surface area (Å²) in [4.78, 5) is 19.0. The maximum absolute atomic E-state index is 12.4. The third-order valence-corrected chi connectivity index (χ3v) is 6.54. The fraction of sp³-hybridized carbons (Fsp3) is 0.412. The lowest BCUT2D eigenvalue weighted by molar-refractivity contribution is 0.0689. The molecule has 25 heavy (non-hydrogen) atoms. The Morgan fingerprint density at radius 1 is 1.32 bits per heavy atom. The fourth-order valence-corrected chi connectivity index (χ4v) is 5.07. The van der Waals surface area contributed by atoms with Crippen LogP contribution in [0.3, 0.4) is 0 Å². The predicted molar refractivity (Wildman–Crippen MR) is 97.8 cm³/mol. The van der Waals surface area contributed by atoms with Crippen LogP contribution in [0.4, 0.5) is 0 Å². The zero-order chi connectivity index (χ0) is 17.7. The molecule has 1 aliphatic heterocycles. The first-order valence-electron chi connectivity index (χ1n) is 8.23. The molecule has 2 aromatic heterocycles. The second-order valence-corrected chi connectivity index (χ2v) is 8.96. The number of nitrogens with zero attached hydrogens (tertiary/aromatic N) is 2. The van der Waals surface area contributed by atoms with E-state index in [-0.39, 0.29) is 24.1 Å². The van der Waals surface area contributed by atoms with Crippen LogP contribution in [0.1, 0.15) is 28.2 Å². The van der Waals surface area contributed by atoms with Crippen LogP contribution in [0.15, 0.2) is 41.9 Å². The van der Waals surface area contributed by atoms with Gasteiger partial charge in [-0.1, -0.05) is 12.1 Å². The molecule has 1 N–H and O–H groups in total. The van der Waals surface area contributed by atoms with Gasteiger partial charge < -0.3 is 4.90 Å². The van der Waals surface area contributed by atoms with Gasteiger partial charge in [-0.05, 0) is 42.3 Å². The van der Waals surface area contributed by atoms with Crippen LogP contribution in [0.2, 0.25) is 0 Å². The van der Waals surface area contributed by atoms with Crippen LogP contribution >= 0.6 is 11.3 Å². The van der Waals surface area contributed by atoms with Crippen LogP contribution in [-0.2, 0) is 16.6 Å². The van der Waals surface area contributed by atoms with E-state index < -0.39 is 10.0 Å². The highest BCUT2D eigenvalue weighted by atomic mass is 32.2. The highest BCUT2D eigenvalue weighted by Crippen LogP contribution is 2.21. The molecule has 0 saturated carbocycles. The molecule has 1 fully saturated rings. The molecule has 8 heteroatoms. The molecule has 6 nitrogen and oxygen atoms in total. The van der Waals surface area contributed by atoms with E-state index in [1.165, 1.54) is 11.3 Å². The lowest BCUT2D eigenvalue weighted by atomic mass is 10.00. The Kier molecular flexibility index (Phi) is 5.82. The Morgan fingerprint density at radius 3 is 2.92 bits per heavy atom. The van der Waals surface area contributed by atoms with Crippen molar-refractivity contribution >= 4 is 27.3 Å². The van der Waals surface area contributed by atoms with Crippen molar-refractivity contribution in [3.63, 3.8) is 0 Å². The maximum atomic E-state index is 12.4. The lowest BCUT2D eigenvalue weighted by Crippen LogP contribution is -2.43. The molecule has 0 spiro atoms. The molecule has 1 atom stereocenters. The van der Waals surface area contributed by atoms with Gasteiger partial charge in [0.05, 0.1) is 22.9 Å². The Morgan fingerprint density at radius 2 is 2.20 bits per heavy atom. The minimum Gasteiger partial charge on any atom is -0.338 e. The van der Waals surface area contributed by atoms with Crippen LogP contribution in [-0.4, -0.2) is 43.1 Å². The number of aromatic nitrogens is 1. The molecule has 1 aliphatic rings. The number of nitrogens with one attached hydrogen (secondary N) is 1. The summed E-state index contributed by atoms with van der Waals surface area (Å²) in [6.07, 6.45) is 3.29. The van der Waals surface area contributed by atoms with Gasteiger partial charge in [-0.2, -0.15) is 0 Å². The Labute approximate surface area is 151 Å². The number of amides is 1. The molecule has 1 saturated heterocycles. The Hall–Kier alpha value is -1.77. The van der Waals surface area contributed by atoms with Gasteiger partial charge in [0.15, 0.2) is 0 Å². The fourth-order valence-electron chi connectivity index (χ4n) is 3.00. The predicted octanol–water partition coefficient (Wildman–Crippen LogP) is 2.11. The monoisotopic (exact) mass is 379 g/mol. The molecule has 2 aromatic rings. The topological polar surface area (TPSA) is 79.4 Å². The Balaban J connectivity index is 1.55. The van der Waals surface area contributed by atoms with E-state index in [0.29, 0.717) is 23.7 Å². The first kappa shape index (κ1) is 18.0. The second kappa shape index (κ2) is 8.07. The average molecular weight is 380 g/mol. The zero-order valence-electron chi connectivity index (χ0n) is 13.8. The third-order valence-electron chi connectivity index (χ3n) is 4.19. The molecular weight excluding hydrogens is 358 g/mol. The second-order valence-electron chi connectivity index (χ2n) is 6.16. The number of likely N-dealkylation sites (tertiary alicyclic amines) is 1. The first-order valence-corrected chi connectivity index (χ1v) is 10.8. The first-order chi connectivity index (χ1) is 12.0. The molecule has 0 radical (unpaired) electrons. The number of pyridine rings is 1. The van der Waals surface area contributed by atoms with Crippen molar-refractivity contribution in [1.82, 2.24) is 14.6 Å². The van der Waals surface area contributed by atoms with Crippen molar-refractivity contribution in [3.05, 3.63) is 52.5 Å². The highest BCUT2D eigenvalue weighted by Gasteiger charge is 2.28. The third kappa shape index (κ3) is 5.10. The maximum Gasteiger partial charge on any atom is 0.263 e. The average Bonchev–Trinajstić information content (AvgIpc) is 3.15. The SMILES string of the molecule is O=C(c1cccs1)N1CCCC(CS(=O)(=O)NCc2ccccn2)C1. The van der Waals surface area contributed by atoms with Gasteiger partial charge in [0.25, 0.3) is 5.91 Å². The number of hydrogen-bond acceptors (Lipinski definition) is 5. The lowest BCUT2D eigenvalue weighted by Gasteiger charge is -2.32. The molecule has 3 heterocycles. The Bertz CT molecular complexity index is 792. The summed E-state index contributed by atoms with van der Waals surface area (Å²) in [5, 5.41) is 1.88. The van der Waals surface area contributed by atoms with Crippen LogP contribution in [0.25, 0.3) is 0 Å². The summed E-state index contributed by atoms with van der Waals surface area (Å²) in [6, 6.07) is 9.06. The number of carbonyl (C=O) groups excluding carboxylic acids is 1. The van der Waals surface area contributed by atoms with Crippen molar-refractivity contribution in [2.45, 2.75) is 19.4 Å². The number of sulfonamides is 1. The van der Waals surface area contributed by atoms with Gasteiger partial charge >= 0.3 is 0 Å². The van der Waals surface area contributed by atoms with Crippen molar-refractivity contribution < 1.29 is 13.2 Å². The quantitative estimate of drug-likeness (QED) is 0.834. The number of rotatable bonds is 6. The smallest absolute Gasteiger partial charge is 0.263 e. The van der Waals surface area contributed by atoms with Gasteiger partial charge in [0.1, 0.15) is 0 Å². The van der Waals surface area contributed by atoms with E-state index >= 15 is 0 Å². The number of piperidine rings is 1. The number of thiophene rings is 1. The van der Waals surface area contributed by atoms with Crippen LogP contribution in [0, 0.1) is 5.92 Å². The number of hydrogen-bond donors (Lipinski definition) is 1. The molecular formula is C17H21N3O3S2. The summed E-state index contributed by atoms with van der Waals surface area (Å²) in [7, 11) is -3.41. The molecule has 0 bridgehead atoms. The largest absolute Gasteiger partial charge is 0.338 e. The van der Waals surface area contributed by atoms with Crippen LogP contribution < -0.4 is 4.72 Å². The molecule has 3 rings (SSSR count). The van der Waals surface area contributed by atoms with E-state index in [2.05, 4.69) is 9.71 Å². The minimum atomic E-state index is -3.41. The van der Waals surface area contributed by atoms with Crippen LogP contribution in [0.5, 0.6) is 0 Å². The summed E-state index contributed by atoms with van der Waals surface area (Å²) < 4.78 is 27.3. The van der Waals surface area contributed by atoms with Gasteiger partial charge in [-0.25, -0.2) is 13.1 Å². The van der Waals surface area contributed by atoms with Crippen molar-refractivity contribution in [2.24, 2.45) is 5.92 Å². The summed E-state index contributed by atoms with van der Waals surface area (Å²) in [6.45, 7) is 1.36. The van der Waals surface area contributed by atoms with E-state index in [1.807, 2.05) is 23.6 Å². The minimum absolute atomic E-state index is 0.00135. The summed E-state index contributed by atoms with van der Waals surface area (Å²) in [5.74, 6) is -0.00827. The number of carbonyl (C=O) groups is 1. The van der Waals surface area contributed by atoms with Gasteiger partial charge in [0.2, 0.25) is 10.0 Å². The molecule has 134 valence electrons. The molecule has 0 aromatic carbocycles. The van der Waals surface area contributed by atoms with Crippen molar-refractivity contribution in [2.75, 3.05) is 18.8 Å². The van der Waals surface area contributed by atoms with E-state index in [0.717, 1.165) is 12.8 Å². The standard InChI is InChI=1S/C17H21N3O3S2/c21-17(16-7-4-10-24-16)20-9-3-5-14(12-20)13-25(22,23)19-11-15-6-1-2-8-18-15/h1-2,4,6-8,10,14,19H,3,5,9,11-13H2. The van der Waals surface area contributed by atoms with Crippen molar-refractivity contribution in [1.29, 1.82) is 0 Å². The van der Waals surface area contributed by atoms with E-state index in [9.17, 15) is 13.2 Å². The molecule has 1 amide bonds. The van der Waals surface area contributed by atoms with Gasteiger partial charge in [-0.15, -0.1) is 11.3 Å². The highest BCUT2D eigenvalue weighted by molar-refractivity contribution is 7.89. The summed E-state index contributed by atoms with van der Waals surface area (Å²) in [5.41, 5.74) is 0.684. The zero-order valence-corrected chi connectivity index (χ0v) is 15.4. The molecule has 0 aliphatic carbocycles.